The Morgan fingerprint density at radius 2 is 1.68 bits per heavy atom. The van der Waals surface area contributed by atoms with E-state index >= 15 is 0 Å². The Hall–Kier alpha value is -2.74. The molecular formula is C27H37N2O9S2-. The Bertz CT molecular complexity index is 1490. The highest BCUT2D eigenvalue weighted by atomic mass is 32.2. The van der Waals surface area contributed by atoms with Crippen molar-refractivity contribution in [2.75, 3.05) is 31.1 Å². The van der Waals surface area contributed by atoms with Crippen LogP contribution >= 0.6 is 0 Å². The average Bonchev–Trinajstić information content (AvgIpc) is 2.82. The minimum atomic E-state index is -4.34. The third-order valence-electron chi connectivity index (χ3n) is 6.88. The van der Waals surface area contributed by atoms with Crippen molar-refractivity contribution in [3.05, 3.63) is 46.6 Å². The standard InChI is InChI=1S/C27H38N2O9S2/c1-27(2)19-21(28-11-6-14-39(32,33)34)17-25-23(27)16-20-9-10-22(18-24(20)38-25)29(13-7-15-40(35,36)37)12-5-3-4-8-26(30)31/h9-10,16-18H,3-8,11-15,19H2,1-2H3,(H3,30,31,32,33,34,35,36,37)/p-1. The number of carboxylic acid groups (broad SMARTS) is 1. The first kappa shape index (κ1) is 31.8. The van der Waals surface area contributed by atoms with Gasteiger partial charge in [0.05, 0.1) is 26.3 Å². The van der Waals surface area contributed by atoms with Gasteiger partial charge in [0.1, 0.15) is 24.6 Å². The largest absolute Gasteiger partial charge is 0.748 e. The highest BCUT2D eigenvalue weighted by molar-refractivity contribution is 7.85. The molecule has 0 atom stereocenters. The number of unbranched alkanes of at least 4 members (excludes halogenated alkanes) is 2. The molecule has 0 spiro atoms. The van der Waals surface area contributed by atoms with E-state index in [1.807, 2.05) is 28.9 Å². The van der Waals surface area contributed by atoms with Gasteiger partial charge in [-0.1, -0.05) is 13.8 Å². The van der Waals surface area contributed by atoms with E-state index in [9.17, 15) is 30.7 Å². The third kappa shape index (κ3) is 10.0. The first-order chi connectivity index (χ1) is 18.6. The lowest BCUT2D eigenvalue weighted by atomic mass is 9.76. The van der Waals surface area contributed by atoms with Crippen molar-refractivity contribution in [1.29, 1.82) is 0 Å². The zero-order chi connectivity index (χ0) is 29.6. The molecule has 0 bridgehead atoms. The summed E-state index contributed by atoms with van der Waals surface area (Å²) in [5, 5.41) is 12.9. The Kier molecular flexibility index (Phi) is 10.6. The van der Waals surface area contributed by atoms with Gasteiger partial charge in [0, 0.05) is 66.3 Å². The maximum absolute atomic E-state index is 11.1. The molecule has 2 N–H and O–H groups in total. The predicted molar refractivity (Wildman–Crippen MR) is 148 cm³/mol. The summed E-state index contributed by atoms with van der Waals surface area (Å²) in [6.45, 7) is 5.44. The van der Waals surface area contributed by atoms with Crippen LogP contribution in [0.25, 0.3) is 17.4 Å². The van der Waals surface area contributed by atoms with Gasteiger partial charge in [-0.15, -0.1) is 0 Å². The van der Waals surface area contributed by atoms with Crippen LogP contribution in [0.1, 0.15) is 70.1 Å². The lowest BCUT2D eigenvalue weighted by Gasteiger charge is -2.32. The lowest BCUT2D eigenvalue weighted by molar-refractivity contribution is -0.137. The van der Waals surface area contributed by atoms with E-state index in [2.05, 4.69) is 25.2 Å². The average molecular weight is 598 g/mol. The molecule has 0 aromatic heterocycles. The monoisotopic (exact) mass is 597 g/mol. The summed E-state index contributed by atoms with van der Waals surface area (Å²) in [4.78, 5) is 10.8. The smallest absolute Gasteiger partial charge is 0.303 e. The van der Waals surface area contributed by atoms with E-state index in [0.29, 0.717) is 56.8 Å². The van der Waals surface area contributed by atoms with E-state index in [0.717, 1.165) is 22.2 Å². The van der Waals surface area contributed by atoms with Gasteiger partial charge in [-0.3, -0.25) is 4.79 Å². The zero-order valence-electron chi connectivity index (χ0n) is 22.8. The molecule has 0 aromatic rings. The number of rotatable bonds is 15. The fraction of sp³-hybridized carbons (Fsp3) is 0.556. The molecular weight excluding hydrogens is 560 g/mol. The second-order valence-electron chi connectivity index (χ2n) is 10.8. The second kappa shape index (κ2) is 13.3. The van der Waals surface area contributed by atoms with Crippen LogP contribution in [0.5, 0.6) is 0 Å². The summed E-state index contributed by atoms with van der Waals surface area (Å²) in [6.07, 6.45) is 4.98. The summed E-state index contributed by atoms with van der Waals surface area (Å²) in [7, 11) is -8.60. The SMILES string of the molecule is CC1(C)CC(NCCCS(=O)(=O)[O-])=Cc2oc3cc(=[N+](CCCCCC(=O)O)CCCS(=O)(=O)[O-])ccc-3cc21. The van der Waals surface area contributed by atoms with Crippen molar-refractivity contribution >= 4 is 32.3 Å². The van der Waals surface area contributed by atoms with Crippen LogP contribution in [0, 0.1) is 0 Å². The molecule has 222 valence electrons. The number of fused-ring (bicyclic) bond motifs is 2. The molecule has 13 heteroatoms. The highest BCUT2D eigenvalue weighted by Gasteiger charge is 2.31. The predicted octanol–water partition coefficient (Wildman–Crippen LogP) is 2.28. The Morgan fingerprint density at radius 3 is 2.35 bits per heavy atom. The van der Waals surface area contributed by atoms with Crippen molar-refractivity contribution in [1.82, 2.24) is 9.89 Å². The number of nitrogens with zero attached hydrogens (tertiary/aromatic N) is 1. The minimum absolute atomic E-state index is 0.0901. The maximum atomic E-state index is 11.1. The van der Waals surface area contributed by atoms with Crippen LogP contribution in [-0.4, -0.2) is 68.2 Å². The van der Waals surface area contributed by atoms with Crippen molar-refractivity contribution in [2.24, 2.45) is 0 Å². The zero-order valence-corrected chi connectivity index (χ0v) is 24.5. The van der Waals surface area contributed by atoms with Crippen molar-refractivity contribution in [2.45, 2.75) is 64.2 Å². The molecule has 11 nitrogen and oxygen atoms in total. The molecule has 1 heterocycles. The van der Waals surface area contributed by atoms with Crippen LogP contribution in [0.2, 0.25) is 0 Å². The van der Waals surface area contributed by atoms with Crippen molar-refractivity contribution < 1.29 is 40.3 Å². The molecule has 1 aliphatic heterocycles. The lowest BCUT2D eigenvalue weighted by Crippen LogP contribution is -2.33. The van der Waals surface area contributed by atoms with E-state index in [1.165, 1.54) is 0 Å². The molecule has 0 unspecified atom stereocenters. The molecule has 2 aliphatic carbocycles. The van der Waals surface area contributed by atoms with Gasteiger partial charge in [-0.05, 0) is 43.2 Å². The summed E-state index contributed by atoms with van der Waals surface area (Å²) >= 11 is 0. The number of allylic oxidation sites excluding steroid dienone is 1. The number of carboxylic acids is 1. The Labute approximate surface area is 235 Å². The van der Waals surface area contributed by atoms with E-state index in [4.69, 9.17) is 9.52 Å². The fourth-order valence-electron chi connectivity index (χ4n) is 4.91. The quantitative estimate of drug-likeness (QED) is 0.176. The first-order valence-electron chi connectivity index (χ1n) is 13.3. The van der Waals surface area contributed by atoms with Gasteiger partial charge < -0.3 is 23.9 Å². The van der Waals surface area contributed by atoms with Crippen LogP contribution < -0.4 is 15.2 Å². The summed E-state index contributed by atoms with van der Waals surface area (Å²) in [5.74, 6) is -0.457. The van der Waals surface area contributed by atoms with Gasteiger partial charge in [-0.25, -0.2) is 21.4 Å². The number of hydrogen-bond donors (Lipinski definition) is 2. The number of carbonyl (C=O) groups is 1. The van der Waals surface area contributed by atoms with Crippen LogP contribution in [0.15, 0.2) is 34.4 Å². The topological polar surface area (TPSA) is 180 Å². The summed E-state index contributed by atoms with van der Waals surface area (Å²) < 4.78 is 74.4. The van der Waals surface area contributed by atoms with Crippen LogP contribution in [-0.2, 0) is 30.4 Å². The summed E-state index contributed by atoms with van der Waals surface area (Å²) in [5.41, 5.74) is 2.53. The molecule has 3 rings (SSSR count). The number of aliphatic carboxylic acids is 1. The highest BCUT2D eigenvalue weighted by Crippen LogP contribution is 2.40. The van der Waals surface area contributed by atoms with Crippen molar-refractivity contribution in [3.8, 4) is 11.3 Å². The second-order valence-corrected chi connectivity index (χ2v) is 13.9. The Morgan fingerprint density at radius 1 is 1.00 bits per heavy atom. The molecule has 0 aromatic carbocycles. The molecule has 40 heavy (non-hydrogen) atoms. The Balaban J connectivity index is 1.90. The molecule has 0 saturated heterocycles. The van der Waals surface area contributed by atoms with E-state index in [-0.39, 0.29) is 24.7 Å². The van der Waals surface area contributed by atoms with E-state index < -0.39 is 37.7 Å². The first-order valence-corrected chi connectivity index (χ1v) is 16.5. The van der Waals surface area contributed by atoms with Gasteiger partial charge in [0.15, 0.2) is 0 Å². The molecule has 0 amide bonds. The third-order valence-corrected chi connectivity index (χ3v) is 8.46. The normalized spacial score (nSPS) is 15.8. The molecule has 0 radical (unpaired) electrons. The molecule has 0 saturated carbocycles. The van der Waals surface area contributed by atoms with Gasteiger partial charge >= 0.3 is 5.97 Å². The van der Waals surface area contributed by atoms with Crippen molar-refractivity contribution in [3.63, 3.8) is 0 Å². The van der Waals surface area contributed by atoms with Gasteiger partial charge in [-0.2, -0.15) is 0 Å². The molecule has 3 aliphatic rings. The van der Waals surface area contributed by atoms with Crippen LogP contribution in [0.3, 0.4) is 0 Å². The number of hydrogen-bond acceptors (Lipinski definition) is 9. The van der Waals surface area contributed by atoms with Gasteiger partial charge in [0.25, 0.3) is 0 Å². The summed E-state index contributed by atoms with van der Waals surface area (Å²) in [6, 6.07) is 7.82. The number of nitrogens with one attached hydrogen (secondary N) is 1. The number of benzene rings is 1. The minimum Gasteiger partial charge on any atom is -0.748 e. The van der Waals surface area contributed by atoms with Crippen LogP contribution in [0.4, 0.5) is 0 Å². The molecule has 0 fully saturated rings. The van der Waals surface area contributed by atoms with E-state index in [1.54, 1.807) is 0 Å². The maximum Gasteiger partial charge on any atom is 0.303 e. The van der Waals surface area contributed by atoms with Gasteiger partial charge in [0.2, 0.25) is 5.36 Å². The fourth-order valence-corrected chi connectivity index (χ4v) is 5.89.